The summed E-state index contributed by atoms with van der Waals surface area (Å²) in [6, 6.07) is 12.8. The van der Waals surface area contributed by atoms with Crippen molar-refractivity contribution < 1.29 is 18.8 Å². The smallest absolute Gasteiger partial charge is 0.417 e. The number of H-pyrrole nitrogens is 1. The predicted molar refractivity (Wildman–Crippen MR) is 198 cm³/mol. The summed E-state index contributed by atoms with van der Waals surface area (Å²) in [5, 5.41) is 1.11. The van der Waals surface area contributed by atoms with E-state index in [0.717, 1.165) is 69.8 Å². The number of quaternary nitrogens is 1. The van der Waals surface area contributed by atoms with Gasteiger partial charge in [0.05, 0.1) is 24.2 Å². The quantitative estimate of drug-likeness (QED) is 0.112. The lowest BCUT2D eigenvalue weighted by Crippen LogP contribution is -2.59. The molecule has 10 heteroatoms. The number of nitrogens with two attached hydrogens (primary N) is 1. The van der Waals surface area contributed by atoms with Crippen LogP contribution in [0.4, 0.5) is 4.79 Å². The molecule has 1 aromatic carbocycles. The number of fused-ring (bicyclic) bond motifs is 1. The first-order valence-corrected chi connectivity index (χ1v) is 18.4. The maximum atomic E-state index is 13.7. The molecule has 9 nitrogen and oxygen atoms in total. The molecular formula is C39H51N6O3S+. The third kappa shape index (κ3) is 6.77. The summed E-state index contributed by atoms with van der Waals surface area (Å²) in [5.74, 6) is 0.582. The molecule has 2 unspecified atom stereocenters. The van der Waals surface area contributed by atoms with Gasteiger partial charge in [-0.05, 0) is 101 Å². The molecular weight excluding hydrogens is 633 g/mol. The number of aryl methyl sites for hydroxylation is 2. The van der Waals surface area contributed by atoms with Gasteiger partial charge in [-0.2, -0.15) is 9.28 Å². The van der Waals surface area contributed by atoms with E-state index in [1.54, 1.807) is 23.7 Å². The molecule has 260 valence electrons. The third-order valence-corrected chi connectivity index (χ3v) is 11.7. The SMILES string of the molecule is Cc1cc(C)cc(-c2[nH]c3sc(C(C)(C)C(=O)N4CCCC4)cc3c2[C@H](C)CN=C(N)[N+]2(C(=O)OC(C)C)CCC(c3ccncc3)C2)c1. The van der Waals surface area contributed by atoms with E-state index in [2.05, 4.69) is 55.0 Å². The Kier molecular flexibility index (Phi) is 9.74. The van der Waals surface area contributed by atoms with E-state index in [0.29, 0.717) is 19.6 Å². The van der Waals surface area contributed by atoms with Gasteiger partial charge in [0.15, 0.2) is 0 Å². The van der Waals surface area contributed by atoms with Gasteiger partial charge in [-0.25, -0.2) is 4.99 Å². The zero-order chi connectivity index (χ0) is 35.1. The minimum atomic E-state index is -0.632. The number of thiophene rings is 1. The summed E-state index contributed by atoms with van der Waals surface area (Å²) in [6.45, 7) is 17.3. The van der Waals surface area contributed by atoms with Crippen molar-refractivity contribution in [1.29, 1.82) is 0 Å². The van der Waals surface area contributed by atoms with Crippen molar-refractivity contribution in [3.05, 3.63) is 75.9 Å². The highest BCUT2D eigenvalue weighted by atomic mass is 32.1. The van der Waals surface area contributed by atoms with Crippen molar-refractivity contribution in [2.75, 3.05) is 32.7 Å². The van der Waals surface area contributed by atoms with Crippen LogP contribution in [0.5, 0.6) is 0 Å². The van der Waals surface area contributed by atoms with Crippen LogP contribution in [0.15, 0.2) is 53.8 Å². The number of hydrogen-bond donors (Lipinski definition) is 2. The molecule has 2 amide bonds. The fourth-order valence-electron chi connectivity index (χ4n) is 7.66. The van der Waals surface area contributed by atoms with Crippen LogP contribution in [0.25, 0.3) is 21.5 Å². The number of amides is 2. The molecule has 2 aliphatic rings. The molecule has 2 fully saturated rings. The zero-order valence-electron chi connectivity index (χ0n) is 30.0. The maximum absolute atomic E-state index is 13.7. The molecule has 0 bridgehead atoms. The topological polar surface area (TPSA) is 114 Å². The van der Waals surface area contributed by atoms with Gasteiger partial charge in [-0.1, -0.05) is 24.1 Å². The van der Waals surface area contributed by atoms with E-state index < -0.39 is 5.41 Å². The Morgan fingerprint density at radius 3 is 2.43 bits per heavy atom. The molecule has 3 N–H and O–H groups in total. The van der Waals surface area contributed by atoms with Crippen molar-refractivity contribution in [1.82, 2.24) is 14.9 Å². The Morgan fingerprint density at radius 2 is 1.78 bits per heavy atom. The lowest BCUT2D eigenvalue weighted by Gasteiger charge is -2.29. The number of ether oxygens (including phenoxy) is 1. The average Bonchev–Trinajstić information content (AvgIpc) is 3.87. The van der Waals surface area contributed by atoms with E-state index >= 15 is 0 Å². The summed E-state index contributed by atoms with van der Waals surface area (Å²) in [5.41, 5.74) is 13.1. The highest BCUT2D eigenvalue weighted by molar-refractivity contribution is 7.19. The lowest BCUT2D eigenvalue weighted by molar-refractivity contribution is -0.755. The maximum Gasteiger partial charge on any atom is 0.524 e. The van der Waals surface area contributed by atoms with Gasteiger partial charge in [0.2, 0.25) is 5.91 Å². The first-order valence-electron chi connectivity index (χ1n) is 17.6. The normalized spacial score (nSPS) is 20.8. The predicted octanol–water partition coefficient (Wildman–Crippen LogP) is 7.78. The first-order chi connectivity index (χ1) is 23.3. The van der Waals surface area contributed by atoms with Crippen LogP contribution >= 0.6 is 11.3 Å². The molecule has 3 atom stereocenters. The molecule has 0 aliphatic carbocycles. The summed E-state index contributed by atoms with van der Waals surface area (Å²) in [4.78, 5) is 44.4. The van der Waals surface area contributed by atoms with Crippen LogP contribution in [0.2, 0.25) is 0 Å². The number of likely N-dealkylation sites (tertiary alicyclic amines) is 2. The zero-order valence-corrected chi connectivity index (χ0v) is 30.8. The van der Waals surface area contributed by atoms with Gasteiger partial charge in [0.1, 0.15) is 17.5 Å². The first kappa shape index (κ1) is 34.8. The number of carbonyl (C=O) groups excluding carboxylic acids is 2. The Bertz CT molecular complexity index is 1850. The molecule has 0 radical (unpaired) electrons. The summed E-state index contributed by atoms with van der Waals surface area (Å²) in [7, 11) is 0. The van der Waals surface area contributed by atoms with Gasteiger partial charge in [0, 0.05) is 54.0 Å². The molecule has 3 aromatic heterocycles. The van der Waals surface area contributed by atoms with E-state index in [1.165, 1.54) is 11.1 Å². The van der Waals surface area contributed by atoms with Gasteiger partial charge in [-0.3, -0.25) is 9.78 Å². The highest BCUT2D eigenvalue weighted by Gasteiger charge is 2.51. The number of rotatable bonds is 8. The molecule has 0 saturated carbocycles. The molecule has 6 rings (SSSR count). The second kappa shape index (κ2) is 13.7. The standard InChI is InChI=1S/C39H51N6O3S/c1-24(2)48-38(47)45(17-12-29(23-45)28-10-13-41-14-11-28)37(40)42-22-27(5)33-31-21-32(39(6,7)36(46)44-15-8-9-16-44)49-35(31)43-34(33)30-19-25(3)18-26(4)20-30/h10-11,13-14,18-21,24,27,29,43H,8-9,12,15-17,22-23H2,1-7H3,(H2,40,42)/q+1/t27-,29?,45?/m1/s1. The largest absolute Gasteiger partial charge is 0.524 e. The van der Waals surface area contributed by atoms with Crippen LogP contribution in [-0.4, -0.2) is 76.1 Å². The molecule has 4 aromatic rings. The van der Waals surface area contributed by atoms with Crippen LogP contribution in [0.3, 0.4) is 0 Å². The Hall–Kier alpha value is -4.02. The van der Waals surface area contributed by atoms with Gasteiger partial charge >= 0.3 is 12.1 Å². The minimum absolute atomic E-state index is 0.0391. The van der Waals surface area contributed by atoms with Crippen LogP contribution < -0.4 is 5.73 Å². The number of nitrogens with zero attached hydrogens (tertiary/aromatic N) is 4. The summed E-state index contributed by atoms with van der Waals surface area (Å²) >= 11 is 1.67. The number of aromatic amines is 1. The van der Waals surface area contributed by atoms with Crippen LogP contribution in [0.1, 0.15) is 92.8 Å². The number of guanidine groups is 1. The Labute approximate surface area is 294 Å². The van der Waals surface area contributed by atoms with Crippen LogP contribution in [-0.2, 0) is 14.9 Å². The summed E-state index contributed by atoms with van der Waals surface area (Å²) in [6.07, 6.45) is 5.89. The molecule has 5 heterocycles. The average molecular weight is 684 g/mol. The number of hydrogen-bond acceptors (Lipinski definition) is 6. The van der Waals surface area contributed by atoms with E-state index in [1.807, 2.05) is 44.7 Å². The fourth-order valence-corrected chi connectivity index (χ4v) is 8.83. The highest BCUT2D eigenvalue weighted by Crippen LogP contribution is 2.44. The second-order valence-electron chi connectivity index (χ2n) is 14.9. The minimum Gasteiger partial charge on any atom is -0.417 e. The lowest BCUT2D eigenvalue weighted by atomic mass is 9.88. The van der Waals surface area contributed by atoms with Crippen LogP contribution in [0, 0.1) is 13.8 Å². The van der Waals surface area contributed by atoms with E-state index in [9.17, 15) is 9.59 Å². The number of aromatic nitrogens is 2. The van der Waals surface area contributed by atoms with Gasteiger partial charge in [-0.15, -0.1) is 11.3 Å². The van der Waals surface area contributed by atoms with Gasteiger partial charge < -0.3 is 20.4 Å². The molecule has 0 spiro atoms. The second-order valence-corrected chi connectivity index (χ2v) is 16.0. The Morgan fingerprint density at radius 1 is 1.10 bits per heavy atom. The van der Waals surface area contributed by atoms with E-state index in [4.69, 9.17) is 15.5 Å². The van der Waals surface area contributed by atoms with Crippen molar-refractivity contribution in [2.24, 2.45) is 10.7 Å². The Balaban J connectivity index is 1.37. The van der Waals surface area contributed by atoms with E-state index in [-0.39, 0.29) is 40.4 Å². The van der Waals surface area contributed by atoms with Crippen molar-refractivity contribution in [2.45, 2.75) is 91.1 Å². The molecule has 2 saturated heterocycles. The van der Waals surface area contributed by atoms with Crippen molar-refractivity contribution in [3.8, 4) is 11.3 Å². The van der Waals surface area contributed by atoms with Crippen molar-refractivity contribution >= 4 is 39.5 Å². The van der Waals surface area contributed by atoms with Crippen molar-refractivity contribution in [3.63, 3.8) is 0 Å². The monoisotopic (exact) mass is 683 g/mol. The fraction of sp³-hybridized carbons (Fsp3) is 0.487. The number of carbonyl (C=O) groups is 2. The third-order valence-electron chi connectivity index (χ3n) is 10.3. The summed E-state index contributed by atoms with van der Waals surface area (Å²) < 4.78 is 5.68. The number of pyridine rings is 1. The molecule has 49 heavy (non-hydrogen) atoms. The number of benzene rings is 1. The van der Waals surface area contributed by atoms with Gasteiger partial charge in [0.25, 0.3) is 0 Å². The molecule has 2 aliphatic heterocycles. The number of aliphatic imine (C=N–C) groups is 1. The number of nitrogens with one attached hydrogen (secondary N) is 1.